The van der Waals surface area contributed by atoms with E-state index in [4.69, 9.17) is 16.3 Å². The van der Waals surface area contributed by atoms with Crippen LogP contribution in [0.4, 0.5) is 0 Å². The smallest absolute Gasteiger partial charge is 0.0585 e. The van der Waals surface area contributed by atoms with E-state index in [1.807, 2.05) is 24.3 Å². The Bertz CT molecular complexity index is 274. The van der Waals surface area contributed by atoms with Crippen LogP contribution in [0.1, 0.15) is 5.56 Å². The minimum absolute atomic E-state index is 0.0232. The van der Waals surface area contributed by atoms with Crippen molar-refractivity contribution >= 4 is 11.6 Å². The van der Waals surface area contributed by atoms with Gasteiger partial charge in [-0.3, -0.25) is 0 Å². The molecule has 0 bridgehead atoms. The fourth-order valence-electron chi connectivity index (χ4n) is 1.32. The highest BCUT2D eigenvalue weighted by molar-refractivity contribution is 6.30. The molecule has 1 radical (unpaired) electrons. The Kier molecular flexibility index (Phi) is 1.85. The summed E-state index contributed by atoms with van der Waals surface area (Å²) in [5.41, 5.74) is 1.18. The van der Waals surface area contributed by atoms with Gasteiger partial charge in [-0.2, -0.15) is 0 Å². The first-order valence-corrected chi connectivity index (χ1v) is 4.28. The van der Waals surface area contributed by atoms with Crippen molar-refractivity contribution in [2.75, 3.05) is 13.2 Å². The number of rotatable bonds is 1. The third-order valence-corrected chi connectivity index (χ3v) is 2.47. The maximum atomic E-state index is 5.77. The molecule has 0 spiro atoms. The van der Waals surface area contributed by atoms with E-state index in [9.17, 15) is 0 Å². The Hall–Kier alpha value is -0.530. The molecule has 1 fully saturated rings. The maximum absolute atomic E-state index is 5.77. The van der Waals surface area contributed by atoms with Crippen molar-refractivity contribution in [3.05, 3.63) is 41.8 Å². The van der Waals surface area contributed by atoms with Gasteiger partial charge >= 0.3 is 0 Å². The highest BCUT2D eigenvalue weighted by Gasteiger charge is 2.34. The first-order valence-electron chi connectivity index (χ1n) is 3.90. The second-order valence-corrected chi connectivity index (χ2v) is 3.72. The molecule has 1 saturated heterocycles. The molecule has 0 unspecified atom stereocenters. The summed E-state index contributed by atoms with van der Waals surface area (Å²) in [6.07, 6.45) is 0. The third-order valence-electron chi connectivity index (χ3n) is 2.21. The van der Waals surface area contributed by atoms with Crippen molar-refractivity contribution < 1.29 is 4.74 Å². The average molecular weight is 182 g/mol. The summed E-state index contributed by atoms with van der Waals surface area (Å²) in [4.78, 5) is 0. The summed E-state index contributed by atoms with van der Waals surface area (Å²) in [7, 11) is 0. The highest BCUT2D eigenvalue weighted by atomic mass is 35.5. The van der Waals surface area contributed by atoms with E-state index in [0.29, 0.717) is 13.2 Å². The zero-order chi connectivity index (χ0) is 8.60. The number of hydrogen-bond donors (Lipinski definition) is 0. The summed E-state index contributed by atoms with van der Waals surface area (Å²) in [6, 6.07) is 7.81. The van der Waals surface area contributed by atoms with Crippen LogP contribution in [-0.4, -0.2) is 13.2 Å². The number of halogens is 1. The zero-order valence-electron chi connectivity index (χ0n) is 6.72. The Labute approximate surface area is 77.3 Å². The molecule has 1 aliphatic heterocycles. The Morgan fingerprint density at radius 3 is 2.25 bits per heavy atom. The first kappa shape index (κ1) is 8.09. The van der Waals surface area contributed by atoms with Gasteiger partial charge in [0.25, 0.3) is 0 Å². The molecule has 2 heteroatoms. The number of benzene rings is 1. The number of hydrogen-bond acceptors (Lipinski definition) is 1. The summed E-state index contributed by atoms with van der Waals surface area (Å²) < 4.78 is 5.13. The van der Waals surface area contributed by atoms with E-state index < -0.39 is 0 Å². The van der Waals surface area contributed by atoms with Crippen LogP contribution in [0, 0.1) is 6.92 Å². The van der Waals surface area contributed by atoms with Gasteiger partial charge in [-0.1, -0.05) is 23.7 Å². The predicted molar refractivity (Wildman–Crippen MR) is 49.3 cm³/mol. The van der Waals surface area contributed by atoms with Crippen LogP contribution < -0.4 is 0 Å². The van der Waals surface area contributed by atoms with Crippen molar-refractivity contribution in [2.45, 2.75) is 5.41 Å². The third kappa shape index (κ3) is 1.23. The molecule has 1 heterocycles. The molecule has 0 amide bonds. The van der Waals surface area contributed by atoms with Gasteiger partial charge in [-0.05, 0) is 24.6 Å². The predicted octanol–water partition coefficient (Wildman–Crippen LogP) is 2.44. The Morgan fingerprint density at radius 2 is 1.83 bits per heavy atom. The van der Waals surface area contributed by atoms with Crippen molar-refractivity contribution in [2.24, 2.45) is 0 Å². The molecule has 0 aromatic heterocycles. The topological polar surface area (TPSA) is 9.23 Å². The molecule has 63 valence electrons. The van der Waals surface area contributed by atoms with E-state index in [1.165, 1.54) is 5.56 Å². The zero-order valence-corrected chi connectivity index (χ0v) is 7.47. The molecule has 0 aliphatic carbocycles. The minimum Gasteiger partial charge on any atom is -0.379 e. The van der Waals surface area contributed by atoms with E-state index in [1.54, 1.807) is 0 Å². The van der Waals surface area contributed by atoms with Crippen LogP contribution in [-0.2, 0) is 10.2 Å². The maximum Gasteiger partial charge on any atom is 0.0585 e. The van der Waals surface area contributed by atoms with Crippen LogP contribution in [0.5, 0.6) is 0 Å². The monoisotopic (exact) mass is 181 g/mol. The van der Waals surface area contributed by atoms with Gasteiger partial charge in [0.15, 0.2) is 0 Å². The van der Waals surface area contributed by atoms with Crippen LogP contribution in [0.2, 0.25) is 5.02 Å². The molecule has 2 rings (SSSR count). The van der Waals surface area contributed by atoms with Crippen LogP contribution >= 0.6 is 11.6 Å². The standard InChI is InChI=1S/C10H10ClO/c1-10(6-12-7-10)8-2-4-9(11)5-3-8/h2-5H,1,6-7H2. The van der Waals surface area contributed by atoms with Crippen LogP contribution in [0.3, 0.4) is 0 Å². The van der Waals surface area contributed by atoms with Crippen molar-refractivity contribution in [3.63, 3.8) is 0 Å². The summed E-state index contributed by atoms with van der Waals surface area (Å²) >= 11 is 5.77. The molecule has 1 aromatic carbocycles. The Balaban J connectivity index is 2.28. The molecule has 1 nitrogen and oxygen atoms in total. The lowest BCUT2D eigenvalue weighted by atomic mass is 9.81. The van der Waals surface area contributed by atoms with E-state index in [2.05, 4.69) is 6.92 Å². The van der Waals surface area contributed by atoms with Gasteiger partial charge in [-0.25, -0.2) is 0 Å². The lowest BCUT2D eigenvalue weighted by molar-refractivity contribution is -0.0356. The summed E-state index contributed by atoms with van der Waals surface area (Å²) in [5, 5.41) is 0.766. The lowest BCUT2D eigenvalue weighted by Crippen LogP contribution is -2.44. The van der Waals surface area contributed by atoms with Gasteiger partial charge in [0, 0.05) is 10.4 Å². The van der Waals surface area contributed by atoms with Crippen molar-refractivity contribution in [1.29, 1.82) is 0 Å². The molecule has 0 N–H and O–H groups in total. The lowest BCUT2D eigenvalue weighted by Gasteiger charge is -2.38. The minimum atomic E-state index is -0.0232. The highest BCUT2D eigenvalue weighted by Crippen LogP contribution is 2.31. The van der Waals surface area contributed by atoms with Crippen molar-refractivity contribution in [3.8, 4) is 0 Å². The molecular weight excluding hydrogens is 172 g/mol. The van der Waals surface area contributed by atoms with Crippen molar-refractivity contribution in [1.82, 2.24) is 0 Å². The molecular formula is C10H10ClO. The normalized spacial score (nSPS) is 20.2. The first-order chi connectivity index (χ1) is 5.71. The average Bonchev–Trinajstić information content (AvgIpc) is 2.02. The molecule has 0 atom stereocenters. The van der Waals surface area contributed by atoms with Gasteiger partial charge in [0.1, 0.15) is 0 Å². The van der Waals surface area contributed by atoms with Gasteiger partial charge in [0.05, 0.1) is 13.2 Å². The summed E-state index contributed by atoms with van der Waals surface area (Å²) in [5.74, 6) is 0. The molecule has 1 aliphatic rings. The van der Waals surface area contributed by atoms with E-state index >= 15 is 0 Å². The van der Waals surface area contributed by atoms with E-state index in [0.717, 1.165) is 5.02 Å². The fourth-order valence-corrected chi connectivity index (χ4v) is 1.44. The largest absolute Gasteiger partial charge is 0.379 e. The number of ether oxygens (including phenoxy) is 1. The van der Waals surface area contributed by atoms with Gasteiger partial charge in [-0.15, -0.1) is 0 Å². The van der Waals surface area contributed by atoms with Crippen LogP contribution in [0.15, 0.2) is 24.3 Å². The quantitative estimate of drug-likeness (QED) is 0.647. The van der Waals surface area contributed by atoms with Gasteiger partial charge in [0.2, 0.25) is 0 Å². The molecule has 12 heavy (non-hydrogen) atoms. The second kappa shape index (κ2) is 2.75. The van der Waals surface area contributed by atoms with E-state index in [-0.39, 0.29) is 5.41 Å². The van der Waals surface area contributed by atoms with Crippen LogP contribution in [0.25, 0.3) is 0 Å². The second-order valence-electron chi connectivity index (χ2n) is 3.28. The summed E-state index contributed by atoms with van der Waals surface area (Å²) in [6.45, 7) is 5.54. The SMILES string of the molecule is [CH2]C1(c2ccc(Cl)cc2)COC1. The van der Waals surface area contributed by atoms with Gasteiger partial charge < -0.3 is 4.74 Å². The molecule has 0 saturated carbocycles. The Morgan fingerprint density at radius 1 is 1.25 bits per heavy atom. The fraction of sp³-hybridized carbons (Fsp3) is 0.300. The molecule has 1 aromatic rings.